The van der Waals surface area contributed by atoms with E-state index in [-0.39, 0.29) is 17.4 Å². The van der Waals surface area contributed by atoms with Crippen LogP contribution in [0.4, 0.5) is 0 Å². The number of aryl methyl sites for hydroxylation is 1. The molecule has 6 nitrogen and oxygen atoms in total. The molecular weight excluding hydrogens is 318 g/mol. The smallest absolute Gasteiger partial charge is 0.272 e. The fourth-order valence-corrected chi connectivity index (χ4v) is 4.50. The van der Waals surface area contributed by atoms with Crippen molar-refractivity contribution >= 4 is 5.91 Å². The normalized spacial score (nSPS) is 23.2. The van der Waals surface area contributed by atoms with E-state index in [0.717, 1.165) is 18.4 Å². The molecule has 0 N–H and O–H groups in total. The maximum absolute atomic E-state index is 13.0. The summed E-state index contributed by atoms with van der Waals surface area (Å²) < 4.78 is 12.9. The first-order chi connectivity index (χ1) is 12.0. The van der Waals surface area contributed by atoms with E-state index in [0.29, 0.717) is 12.2 Å². The monoisotopic (exact) mass is 341 g/mol. The third-order valence-corrected chi connectivity index (χ3v) is 5.78. The summed E-state index contributed by atoms with van der Waals surface area (Å²) in [4.78, 5) is 19.0. The highest BCUT2D eigenvalue weighted by Crippen LogP contribution is 2.65. The highest BCUT2D eigenvalue weighted by Gasteiger charge is 2.67. The van der Waals surface area contributed by atoms with Gasteiger partial charge in [0.1, 0.15) is 5.69 Å². The third-order valence-electron chi connectivity index (χ3n) is 5.78. The fraction of sp³-hybridized carbons (Fsp3) is 0.474. The van der Waals surface area contributed by atoms with Crippen LogP contribution in [0.5, 0.6) is 0 Å². The third kappa shape index (κ3) is 2.32. The number of amides is 1. The maximum Gasteiger partial charge on any atom is 0.272 e. The molecule has 1 spiro atoms. The lowest BCUT2D eigenvalue weighted by atomic mass is 9.53. The van der Waals surface area contributed by atoms with Crippen molar-refractivity contribution in [2.24, 2.45) is 12.5 Å². The van der Waals surface area contributed by atoms with Crippen molar-refractivity contribution in [1.29, 1.82) is 0 Å². The summed E-state index contributed by atoms with van der Waals surface area (Å²) in [5.41, 5.74) is 1.78. The van der Waals surface area contributed by atoms with Gasteiger partial charge in [0.2, 0.25) is 0 Å². The summed E-state index contributed by atoms with van der Waals surface area (Å²) in [6.07, 6.45) is 4.87. The minimum atomic E-state index is -0.519. The Morgan fingerprint density at radius 2 is 1.88 bits per heavy atom. The van der Waals surface area contributed by atoms with E-state index in [1.54, 1.807) is 31.3 Å². The van der Waals surface area contributed by atoms with E-state index < -0.39 is 5.79 Å². The van der Waals surface area contributed by atoms with E-state index in [1.807, 2.05) is 30.1 Å². The topological polar surface area (TPSA) is 56.6 Å². The Labute approximate surface area is 147 Å². The lowest BCUT2D eigenvalue weighted by Crippen LogP contribution is -2.71. The van der Waals surface area contributed by atoms with Gasteiger partial charge in [0, 0.05) is 46.1 Å². The molecule has 2 fully saturated rings. The van der Waals surface area contributed by atoms with Crippen molar-refractivity contribution in [3.05, 3.63) is 54.1 Å². The number of carbonyl (C=O) groups is 1. The molecule has 1 amide bonds. The van der Waals surface area contributed by atoms with E-state index in [2.05, 4.69) is 17.1 Å². The second-order valence-corrected chi connectivity index (χ2v) is 7.17. The van der Waals surface area contributed by atoms with Crippen LogP contribution in [0.1, 0.15) is 34.9 Å². The minimum absolute atomic E-state index is 0.0155. The van der Waals surface area contributed by atoms with Gasteiger partial charge >= 0.3 is 0 Å². The molecule has 0 bridgehead atoms. The second-order valence-electron chi connectivity index (χ2n) is 7.17. The van der Waals surface area contributed by atoms with Crippen molar-refractivity contribution in [3.63, 3.8) is 0 Å². The molecule has 2 heterocycles. The van der Waals surface area contributed by atoms with E-state index in [1.165, 1.54) is 0 Å². The van der Waals surface area contributed by atoms with Crippen LogP contribution in [0.2, 0.25) is 0 Å². The van der Waals surface area contributed by atoms with Gasteiger partial charge in [0.15, 0.2) is 5.79 Å². The largest absolute Gasteiger partial charge is 0.353 e. The molecule has 1 saturated heterocycles. The molecule has 132 valence electrons. The van der Waals surface area contributed by atoms with E-state index in [9.17, 15) is 4.79 Å². The number of carbonyl (C=O) groups excluding carboxylic acids is 1. The zero-order valence-electron chi connectivity index (χ0n) is 14.8. The molecule has 1 aliphatic heterocycles. The number of nitrogens with zero attached hydrogens (tertiary/aromatic N) is 3. The molecule has 2 aliphatic rings. The highest BCUT2D eigenvalue weighted by molar-refractivity contribution is 5.93. The van der Waals surface area contributed by atoms with Crippen molar-refractivity contribution in [2.45, 2.75) is 24.7 Å². The number of methoxy groups -OCH3 is 2. The van der Waals surface area contributed by atoms with Crippen molar-refractivity contribution in [1.82, 2.24) is 14.5 Å². The van der Waals surface area contributed by atoms with Gasteiger partial charge in [0.05, 0.1) is 18.6 Å². The second kappa shape index (κ2) is 5.68. The van der Waals surface area contributed by atoms with E-state index in [4.69, 9.17) is 9.47 Å². The number of likely N-dealkylation sites (tertiary alicyclic amines) is 1. The standard InChI is InChI=1S/C19H23N3O3/c1-21-13-20-9-15(21)17(23)22-12-18(10-19(11-18,24-2)25-3)16(22)14-7-5-4-6-8-14/h4-9,13,16H,10-12H2,1-3H3. The molecule has 2 aromatic rings. The molecule has 6 heteroatoms. The zero-order chi connectivity index (χ0) is 17.7. The molecule has 25 heavy (non-hydrogen) atoms. The number of imidazole rings is 1. The lowest BCUT2D eigenvalue weighted by Gasteiger charge is -2.67. The van der Waals surface area contributed by atoms with Gasteiger partial charge in [-0.3, -0.25) is 4.79 Å². The Hall–Kier alpha value is -2.18. The molecule has 4 rings (SSSR count). The number of ether oxygens (including phenoxy) is 2. The Bertz CT molecular complexity index is 774. The average molecular weight is 341 g/mol. The van der Waals surface area contributed by atoms with Gasteiger partial charge in [-0.1, -0.05) is 30.3 Å². The molecule has 1 aromatic heterocycles. The first-order valence-electron chi connectivity index (χ1n) is 8.47. The molecule has 1 atom stereocenters. The summed E-state index contributed by atoms with van der Waals surface area (Å²) in [5, 5.41) is 0. The number of rotatable bonds is 4. The lowest BCUT2D eigenvalue weighted by molar-refractivity contribution is -0.330. The zero-order valence-corrected chi connectivity index (χ0v) is 14.8. The summed E-state index contributed by atoms with van der Waals surface area (Å²) in [5.74, 6) is -0.499. The average Bonchev–Trinajstić information content (AvgIpc) is 3.00. The molecule has 1 aromatic carbocycles. The summed E-state index contributed by atoms with van der Waals surface area (Å²) >= 11 is 0. The van der Waals surface area contributed by atoms with Gasteiger partial charge in [-0.15, -0.1) is 0 Å². The van der Waals surface area contributed by atoms with Gasteiger partial charge in [-0.2, -0.15) is 0 Å². The predicted octanol–water partition coefficient (Wildman–Crippen LogP) is 2.39. The molecule has 1 saturated carbocycles. The van der Waals surface area contributed by atoms with Crippen molar-refractivity contribution in [3.8, 4) is 0 Å². The Kier molecular flexibility index (Phi) is 3.70. The molecular formula is C19H23N3O3. The minimum Gasteiger partial charge on any atom is -0.353 e. The van der Waals surface area contributed by atoms with Gasteiger partial charge in [-0.05, 0) is 5.56 Å². The Balaban J connectivity index is 1.64. The van der Waals surface area contributed by atoms with Crippen LogP contribution in [0, 0.1) is 5.41 Å². The van der Waals surface area contributed by atoms with Gasteiger partial charge in [-0.25, -0.2) is 4.98 Å². The van der Waals surface area contributed by atoms with Gasteiger partial charge in [0.25, 0.3) is 5.91 Å². The first-order valence-corrected chi connectivity index (χ1v) is 8.47. The highest BCUT2D eigenvalue weighted by atomic mass is 16.7. The Morgan fingerprint density at radius 1 is 1.20 bits per heavy atom. The van der Waals surface area contributed by atoms with Crippen LogP contribution in [0.3, 0.4) is 0 Å². The van der Waals surface area contributed by atoms with Crippen LogP contribution < -0.4 is 0 Å². The molecule has 1 unspecified atom stereocenters. The first kappa shape index (κ1) is 16.3. The van der Waals surface area contributed by atoms with Crippen molar-refractivity contribution in [2.75, 3.05) is 20.8 Å². The number of aromatic nitrogens is 2. The van der Waals surface area contributed by atoms with Crippen LogP contribution in [0.25, 0.3) is 0 Å². The quantitative estimate of drug-likeness (QED) is 0.801. The summed E-state index contributed by atoms with van der Waals surface area (Å²) in [6, 6.07) is 10.3. The molecule has 0 radical (unpaired) electrons. The summed E-state index contributed by atoms with van der Waals surface area (Å²) in [6.45, 7) is 0.713. The molecule has 1 aliphatic carbocycles. The van der Waals surface area contributed by atoms with Crippen LogP contribution in [-0.2, 0) is 16.5 Å². The predicted molar refractivity (Wildman–Crippen MR) is 91.8 cm³/mol. The van der Waals surface area contributed by atoms with Gasteiger partial charge < -0.3 is 18.9 Å². The van der Waals surface area contributed by atoms with Crippen molar-refractivity contribution < 1.29 is 14.3 Å². The van der Waals surface area contributed by atoms with Crippen LogP contribution in [0.15, 0.2) is 42.9 Å². The van der Waals surface area contributed by atoms with Crippen LogP contribution >= 0.6 is 0 Å². The Morgan fingerprint density at radius 3 is 2.44 bits per heavy atom. The van der Waals surface area contributed by atoms with E-state index >= 15 is 0 Å². The number of hydrogen-bond acceptors (Lipinski definition) is 4. The van der Waals surface area contributed by atoms with Crippen LogP contribution in [-0.4, -0.2) is 46.9 Å². The fourth-order valence-electron chi connectivity index (χ4n) is 4.50. The number of benzene rings is 1. The summed E-state index contributed by atoms with van der Waals surface area (Å²) in [7, 11) is 5.22. The maximum atomic E-state index is 13.0. The number of hydrogen-bond donors (Lipinski definition) is 0. The SMILES string of the molecule is COC1(OC)CC2(CN(C(=O)c3cncn3C)C2c2ccccc2)C1.